The molecule has 0 radical (unpaired) electrons. The highest BCUT2D eigenvalue weighted by atomic mass is 35.5. The van der Waals surface area contributed by atoms with Crippen LogP contribution in [0.15, 0.2) is 12.1 Å². The minimum absolute atomic E-state index is 0.143. The van der Waals surface area contributed by atoms with Crippen LogP contribution in [0.4, 0.5) is 0 Å². The summed E-state index contributed by atoms with van der Waals surface area (Å²) in [5.74, 6) is 1.45. The Morgan fingerprint density at radius 2 is 2.16 bits per heavy atom. The van der Waals surface area contributed by atoms with E-state index in [2.05, 4.69) is 30.5 Å². The van der Waals surface area contributed by atoms with E-state index in [1.165, 1.54) is 0 Å². The predicted octanol–water partition coefficient (Wildman–Crippen LogP) is 3.45. The SMILES string of the molecule is C#Cc1cc(Cl)cc2c1nc(OCC(=O)O)n2COCC[Si](C)(C)C. The zero-order chi connectivity index (χ0) is 18.6. The van der Waals surface area contributed by atoms with Gasteiger partial charge in [0, 0.05) is 19.7 Å². The lowest BCUT2D eigenvalue weighted by atomic mass is 10.2. The Kier molecular flexibility index (Phi) is 6.11. The van der Waals surface area contributed by atoms with Gasteiger partial charge in [0.15, 0.2) is 6.61 Å². The number of aromatic nitrogens is 2. The molecule has 0 aliphatic rings. The van der Waals surface area contributed by atoms with Crippen LogP contribution in [-0.4, -0.2) is 41.9 Å². The Morgan fingerprint density at radius 1 is 1.44 bits per heavy atom. The highest BCUT2D eigenvalue weighted by Gasteiger charge is 2.17. The summed E-state index contributed by atoms with van der Waals surface area (Å²) < 4.78 is 12.7. The van der Waals surface area contributed by atoms with Gasteiger partial charge >= 0.3 is 5.97 Å². The predicted molar refractivity (Wildman–Crippen MR) is 99.9 cm³/mol. The molecule has 0 saturated carbocycles. The second-order valence-electron chi connectivity index (χ2n) is 6.82. The topological polar surface area (TPSA) is 73.6 Å². The molecule has 1 aromatic carbocycles. The van der Waals surface area contributed by atoms with Crippen molar-refractivity contribution in [2.75, 3.05) is 13.2 Å². The molecule has 0 aliphatic heterocycles. The van der Waals surface area contributed by atoms with Gasteiger partial charge in [0.25, 0.3) is 6.01 Å². The Bertz CT molecular complexity index is 821. The number of carbonyl (C=O) groups is 1. The number of aliphatic carboxylic acids is 1. The fourth-order valence-corrected chi connectivity index (χ4v) is 3.14. The lowest BCUT2D eigenvalue weighted by molar-refractivity contribution is -0.139. The molecule has 0 spiro atoms. The molecule has 0 unspecified atom stereocenters. The van der Waals surface area contributed by atoms with Crippen molar-refractivity contribution >= 4 is 36.7 Å². The van der Waals surface area contributed by atoms with Crippen LogP contribution in [0.25, 0.3) is 11.0 Å². The normalized spacial score (nSPS) is 11.5. The van der Waals surface area contributed by atoms with Gasteiger partial charge in [-0.1, -0.05) is 37.2 Å². The van der Waals surface area contributed by atoms with Crippen LogP contribution in [0.5, 0.6) is 6.01 Å². The van der Waals surface area contributed by atoms with Crippen LogP contribution in [0.3, 0.4) is 0 Å². The van der Waals surface area contributed by atoms with Gasteiger partial charge in [-0.05, 0) is 18.2 Å². The molecule has 1 aromatic heterocycles. The number of hydrogen-bond donors (Lipinski definition) is 1. The number of imidazole rings is 1. The molecule has 0 atom stereocenters. The summed E-state index contributed by atoms with van der Waals surface area (Å²) in [4.78, 5) is 15.1. The molecule has 2 rings (SSSR count). The van der Waals surface area contributed by atoms with E-state index in [1.54, 1.807) is 16.7 Å². The summed E-state index contributed by atoms with van der Waals surface area (Å²) in [7, 11) is -1.21. The second-order valence-corrected chi connectivity index (χ2v) is 12.9. The third kappa shape index (κ3) is 5.23. The van der Waals surface area contributed by atoms with Crippen molar-refractivity contribution in [3.05, 3.63) is 22.7 Å². The molecule has 0 aliphatic carbocycles. The zero-order valence-electron chi connectivity index (χ0n) is 14.5. The Hall–Kier alpha value is -2.01. The molecule has 1 heterocycles. The summed E-state index contributed by atoms with van der Waals surface area (Å²) in [6.07, 6.45) is 5.52. The van der Waals surface area contributed by atoms with Crippen molar-refractivity contribution in [2.24, 2.45) is 0 Å². The van der Waals surface area contributed by atoms with Gasteiger partial charge in [-0.3, -0.25) is 4.57 Å². The average Bonchev–Trinajstić information content (AvgIpc) is 2.85. The number of ether oxygens (including phenoxy) is 2. The van der Waals surface area contributed by atoms with E-state index >= 15 is 0 Å². The molecular weight excluding hydrogens is 360 g/mol. The average molecular weight is 381 g/mol. The molecule has 6 nitrogen and oxygen atoms in total. The monoisotopic (exact) mass is 380 g/mol. The Labute approximate surface area is 152 Å². The number of carboxylic acids is 1. The molecule has 134 valence electrons. The van der Waals surface area contributed by atoms with Crippen LogP contribution in [0, 0.1) is 12.3 Å². The molecule has 0 saturated heterocycles. The van der Waals surface area contributed by atoms with Crippen LogP contribution in [0.1, 0.15) is 5.56 Å². The minimum Gasteiger partial charge on any atom is -0.479 e. The van der Waals surface area contributed by atoms with Crippen molar-refractivity contribution in [1.29, 1.82) is 0 Å². The van der Waals surface area contributed by atoms with E-state index in [4.69, 9.17) is 32.6 Å². The first-order valence-electron chi connectivity index (χ1n) is 7.80. The standard InChI is InChI=1S/C17H21ClN2O4Si/c1-5-12-8-13(18)9-14-16(12)19-17(24-10-15(21)22)20(14)11-23-6-7-25(2,3)4/h1,8-9H,6-7,10-11H2,2-4H3,(H,21,22). The van der Waals surface area contributed by atoms with E-state index in [1.807, 2.05) is 0 Å². The molecular formula is C17H21ClN2O4Si. The maximum absolute atomic E-state index is 10.8. The first-order valence-corrected chi connectivity index (χ1v) is 11.9. The smallest absolute Gasteiger partial charge is 0.341 e. The quantitative estimate of drug-likeness (QED) is 0.431. The van der Waals surface area contributed by atoms with Crippen LogP contribution in [-0.2, 0) is 16.3 Å². The van der Waals surface area contributed by atoms with Gasteiger partial charge in [0.05, 0.1) is 11.1 Å². The van der Waals surface area contributed by atoms with E-state index in [0.29, 0.717) is 28.2 Å². The number of rotatable bonds is 8. The van der Waals surface area contributed by atoms with Gasteiger partial charge in [0.2, 0.25) is 0 Å². The van der Waals surface area contributed by atoms with Crippen LogP contribution in [0.2, 0.25) is 30.7 Å². The Morgan fingerprint density at radius 3 is 2.76 bits per heavy atom. The van der Waals surface area contributed by atoms with Crippen molar-refractivity contribution in [3.8, 4) is 18.4 Å². The van der Waals surface area contributed by atoms with Gasteiger partial charge in [0.1, 0.15) is 12.2 Å². The zero-order valence-corrected chi connectivity index (χ0v) is 16.3. The number of terminal acetylenes is 1. The number of carboxylic acid groups (broad SMARTS) is 1. The fourth-order valence-electron chi connectivity index (χ4n) is 2.17. The van der Waals surface area contributed by atoms with Gasteiger partial charge in [-0.25, -0.2) is 4.79 Å². The number of fused-ring (bicyclic) bond motifs is 1. The minimum atomic E-state index is -1.21. The van der Waals surface area contributed by atoms with Crippen molar-refractivity contribution < 1.29 is 19.4 Å². The highest BCUT2D eigenvalue weighted by molar-refractivity contribution is 6.76. The first kappa shape index (κ1) is 19.3. The molecule has 0 bridgehead atoms. The van der Waals surface area contributed by atoms with Crippen LogP contribution >= 0.6 is 11.6 Å². The highest BCUT2D eigenvalue weighted by Crippen LogP contribution is 2.28. The summed E-state index contributed by atoms with van der Waals surface area (Å²) in [6, 6.07) is 4.50. The van der Waals surface area contributed by atoms with Crippen molar-refractivity contribution in [3.63, 3.8) is 0 Å². The molecule has 0 amide bonds. The molecule has 25 heavy (non-hydrogen) atoms. The summed E-state index contributed by atoms with van der Waals surface area (Å²) in [5.41, 5.74) is 1.69. The van der Waals surface area contributed by atoms with Crippen LogP contribution < -0.4 is 4.74 Å². The second kappa shape index (κ2) is 7.91. The number of benzene rings is 1. The molecule has 1 N–H and O–H groups in total. The van der Waals surface area contributed by atoms with Gasteiger partial charge in [-0.2, -0.15) is 4.98 Å². The van der Waals surface area contributed by atoms with Gasteiger partial charge < -0.3 is 14.6 Å². The number of nitrogens with zero attached hydrogens (tertiary/aromatic N) is 2. The molecule has 8 heteroatoms. The third-order valence-electron chi connectivity index (χ3n) is 3.48. The maximum atomic E-state index is 10.8. The molecule has 0 fully saturated rings. The van der Waals surface area contributed by atoms with E-state index in [0.717, 1.165) is 6.04 Å². The van der Waals surface area contributed by atoms with E-state index < -0.39 is 20.7 Å². The lowest BCUT2D eigenvalue weighted by Gasteiger charge is -2.16. The number of halogens is 1. The van der Waals surface area contributed by atoms with Crippen molar-refractivity contribution in [2.45, 2.75) is 32.4 Å². The fraction of sp³-hybridized carbons (Fsp3) is 0.412. The van der Waals surface area contributed by atoms with E-state index in [9.17, 15) is 4.79 Å². The molecule has 2 aromatic rings. The third-order valence-corrected chi connectivity index (χ3v) is 5.40. The summed E-state index contributed by atoms with van der Waals surface area (Å²) >= 11 is 6.13. The van der Waals surface area contributed by atoms with Gasteiger partial charge in [-0.15, -0.1) is 6.42 Å². The maximum Gasteiger partial charge on any atom is 0.341 e. The summed E-state index contributed by atoms with van der Waals surface area (Å²) in [5, 5.41) is 9.31. The summed E-state index contributed by atoms with van der Waals surface area (Å²) in [6.45, 7) is 7.09. The Balaban J connectivity index is 2.33. The first-order chi connectivity index (χ1) is 11.7. The van der Waals surface area contributed by atoms with Crippen molar-refractivity contribution in [1.82, 2.24) is 9.55 Å². The lowest BCUT2D eigenvalue weighted by Crippen LogP contribution is -2.22. The largest absolute Gasteiger partial charge is 0.479 e. The number of hydrogen-bond acceptors (Lipinski definition) is 4. The van der Waals surface area contributed by atoms with E-state index in [-0.39, 0.29) is 12.7 Å².